The number of aromatic nitrogens is 2. The molecule has 1 aromatic heterocycles. The van der Waals surface area contributed by atoms with Crippen LogP contribution in [0.25, 0.3) is 6.20 Å². The fraction of sp³-hybridized carbons (Fsp3) is 0.615. The molecule has 2 aliphatic rings. The molecule has 1 fully saturated rings. The zero-order chi connectivity index (χ0) is 12.7. The van der Waals surface area contributed by atoms with Crippen molar-refractivity contribution in [2.75, 3.05) is 11.9 Å². The van der Waals surface area contributed by atoms with Crippen molar-refractivity contribution in [1.82, 2.24) is 15.1 Å². The second kappa shape index (κ2) is 4.59. The quantitative estimate of drug-likeness (QED) is 0.607. The predicted octanol–water partition coefficient (Wildman–Crippen LogP) is 2.79. The molecule has 98 valence electrons. The van der Waals surface area contributed by atoms with Crippen molar-refractivity contribution >= 4 is 23.6 Å². The fourth-order valence-corrected chi connectivity index (χ4v) is 2.71. The molecule has 0 saturated carbocycles. The molecule has 3 atom stereocenters. The Labute approximate surface area is 112 Å². The van der Waals surface area contributed by atoms with Gasteiger partial charge in [0.2, 0.25) is 0 Å². The summed E-state index contributed by atoms with van der Waals surface area (Å²) in [6.45, 7) is 5.37. The van der Waals surface area contributed by atoms with Crippen LogP contribution in [0.3, 0.4) is 0 Å². The summed E-state index contributed by atoms with van der Waals surface area (Å²) < 4.78 is 1.89. The highest BCUT2D eigenvalue weighted by Gasteiger charge is 2.24. The van der Waals surface area contributed by atoms with Crippen molar-refractivity contribution in [2.45, 2.75) is 38.2 Å². The van der Waals surface area contributed by atoms with E-state index in [9.17, 15) is 0 Å². The first-order valence-electron chi connectivity index (χ1n) is 6.55. The fourth-order valence-electron chi connectivity index (χ4n) is 2.54. The van der Waals surface area contributed by atoms with E-state index in [4.69, 9.17) is 11.6 Å². The molecule has 2 N–H and O–H groups in total. The van der Waals surface area contributed by atoms with Crippen molar-refractivity contribution in [3.8, 4) is 0 Å². The summed E-state index contributed by atoms with van der Waals surface area (Å²) in [5, 5.41) is 11.4. The van der Waals surface area contributed by atoms with Gasteiger partial charge in [-0.1, -0.05) is 18.5 Å². The Morgan fingerprint density at radius 3 is 3.00 bits per heavy atom. The van der Waals surface area contributed by atoms with Crippen LogP contribution < -0.4 is 10.6 Å². The molecule has 3 heterocycles. The van der Waals surface area contributed by atoms with Crippen LogP contribution in [-0.2, 0) is 0 Å². The van der Waals surface area contributed by atoms with Crippen molar-refractivity contribution in [1.29, 1.82) is 0 Å². The Morgan fingerprint density at radius 2 is 2.28 bits per heavy atom. The summed E-state index contributed by atoms with van der Waals surface area (Å²) in [6, 6.07) is 2.48. The van der Waals surface area contributed by atoms with Crippen LogP contribution in [0.2, 0.25) is 0 Å². The Hall–Kier alpha value is -1.00. The maximum Gasteiger partial charge on any atom is 0.130 e. The Kier molecular flexibility index (Phi) is 3.08. The molecule has 1 unspecified atom stereocenters. The maximum atomic E-state index is 6.17. The molecule has 0 aromatic carbocycles. The van der Waals surface area contributed by atoms with E-state index in [1.54, 1.807) is 0 Å². The van der Waals surface area contributed by atoms with Crippen LogP contribution in [0.1, 0.15) is 38.4 Å². The van der Waals surface area contributed by atoms with E-state index in [-0.39, 0.29) is 5.50 Å². The number of hydrogen-bond donors (Lipinski definition) is 2. The maximum absolute atomic E-state index is 6.17. The van der Waals surface area contributed by atoms with E-state index in [1.807, 2.05) is 17.8 Å². The highest BCUT2D eigenvalue weighted by Crippen LogP contribution is 2.29. The SMILES string of the molecule is CC1=Cn2nc([C@@H]3CC[C@H](C)CN3)cc2NC1Cl. The number of fused-ring (bicyclic) bond motifs is 1. The number of nitrogens with one attached hydrogen (secondary N) is 2. The van der Waals surface area contributed by atoms with Gasteiger partial charge in [-0.25, -0.2) is 4.68 Å². The number of nitrogens with zero attached hydrogens (tertiary/aromatic N) is 2. The second-order valence-corrected chi connectivity index (χ2v) is 5.86. The van der Waals surface area contributed by atoms with E-state index in [1.165, 1.54) is 6.42 Å². The van der Waals surface area contributed by atoms with E-state index >= 15 is 0 Å². The summed E-state index contributed by atoms with van der Waals surface area (Å²) in [6.07, 6.45) is 4.42. The van der Waals surface area contributed by atoms with Gasteiger partial charge < -0.3 is 10.6 Å². The van der Waals surface area contributed by atoms with E-state index < -0.39 is 0 Å². The number of piperidine rings is 1. The Morgan fingerprint density at radius 1 is 1.44 bits per heavy atom. The average molecular weight is 267 g/mol. The smallest absolute Gasteiger partial charge is 0.130 e. The van der Waals surface area contributed by atoms with Gasteiger partial charge in [-0.3, -0.25) is 0 Å². The summed E-state index contributed by atoms with van der Waals surface area (Å²) in [5.74, 6) is 1.75. The van der Waals surface area contributed by atoms with Crippen molar-refractivity contribution in [2.24, 2.45) is 5.92 Å². The normalized spacial score (nSPS) is 31.5. The number of alkyl halides is 1. The number of hydrogen-bond acceptors (Lipinski definition) is 3. The summed E-state index contributed by atoms with van der Waals surface area (Å²) in [4.78, 5) is 0. The molecule has 1 saturated heterocycles. The molecule has 1 aromatic rings. The highest BCUT2D eigenvalue weighted by atomic mass is 35.5. The van der Waals surface area contributed by atoms with Crippen molar-refractivity contribution in [3.63, 3.8) is 0 Å². The number of halogens is 1. The summed E-state index contributed by atoms with van der Waals surface area (Å²) in [7, 11) is 0. The first kappa shape index (κ1) is 12.1. The topological polar surface area (TPSA) is 41.9 Å². The molecule has 0 aliphatic carbocycles. The third-order valence-corrected chi connectivity index (χ3v) is 4.23. The molecular weight excluding hydrogens is 248 g/mol. The lowest BCUT2D eigenvalue weighted by Crippen LogP contribution is -2.32. The molecular formula is C13H19ClN4. The van der Waals surface area contributed by atoms with Crippen LogP contribution in [0.5, 0.6) is 0 Å². The molecule has 0 radical (unpaired) electrons. The van der Waals surface area contributed by atoms with Crippen molar-refractivity contribution in [3.05, 3.63) is 17.3 Å². The lowest BCUT2D eigenvalue weighted by Gasteiger charge is -2.26. The highest BCUT2D eigenvalue weighted by molar-refractivity contribution is 6.23. The monoisotopic (exact) mass is 266 g/mol. The van der Waals surface area contributed by atoms with E-state index in [0.29, 0.717) is 6.04 Å². The van der Waals surface area contributed by atoms with Crippen LogP contribution in [-0.4, -0.2) is 21.8 Å². The largest absolute Gasteiger partial charge is 0.350 e. The number of anilines is 1. The minimum atomic E-state index is -0.124. The zero-order valence-electron chi connectivity index (χ0n) is 10.8. The lowest BCUT2D eigenvalue weighted by molar-refractivity contribution is 0.328. The lowest BCUT2D eigenvalue weighted by atomic mass is 9.95. The standard InChI is InChI=1S/C13H19ClN4/c1-8-3-4-10(15-6-8)11-5-12-16-13(14)9(2)7-18(12)17-11/h5,7-8,10,13,15-16H,3-4,6H2,1-2H3/t8-,10-,13?/m0/s1. The van der Waals surface area contributed by atoms with Gasteiger partial charge in [-0.2, -0.15) is 5.10 Å². The van der Waals surface area contributed by atoms with Gasteiger partial charge in [0.25, 0.3) is 0 Å². The van der Waals surface area contributed by atoms with E-state index in [0.717, 1.165) is 36.0 Å². The van der Waals surface area contributed by atoms with Gasteiger partial charge in [0.05, 0.1) is 11.7 Å². The van der Waals surface area contributed by atoms with Gasteiger partial charge >= 0.3 is 0 Å². The molecule has 4 nitrogen and oxygen atoms in total. The third-order valence-electron chi connectivity index (χ3n) is 3.77. The predicted molar refractivity (Wildman–Crippen MR) is 74.6 cm³/mol. The second-order valence-electron chi connectivity index (χ2n) is 5.42. The van der Waals surface area contributed by atoms with Crippen LogP contribution in [0, 0.1) is 5.92 Å². The Balaban J connectivity index is 1.82. The van der Waals surface area contributed by atoms with Gasteiger partial charge in [-0.05, 0) is 37.8 Å². The zero-order valence-corrected chi connectivity index (χ0v) is 11.5. The van der Waals surface area contributed by atoms with Crippen LogP contribution >= 0.6 is 11.6 Å². The number of rotatable bonds is 1. The molecule has 5 heteroatoms. The molecule has 3 rings (SSSR count). The minimum Gasteiger partial charge on any atom is -0.350 e. The average Bonchev–Trinajstić information content (AvgIpc) is 2.73. The summed E-state index contributed by atoms with van der Waals surface area (Å²) in [5.41, 5.74) is 2.07. The third kappa shape index (κ3) is 2.15. The minimum absolute atomic E-state index is 0.124. The molecule has 0 amide bonds. The first-order valence-corrected chi connectivity index (χ1v) is 6.99. The molecule has 0 bridgehead atoms. The summed E-state index contributed by atoms with van der Waals surface area (Å²) >= 11 is 6.17. The Bertz CT molecular complexity index is 471. The molecule has 2 aliphatic heterocycles. The first-order chi connectivity index (χ1) is 8.63. The van der Waals surface area contributed by atoms with Gasteiger partial charge in [0.15, 0.2) is 0 Å². The van der Waals surface area contributed by atoms with Gasteiger partial charge in [0.1, 0.15) is 11.3 Å². The molecule has 0 spiro atoms. The molecule has 18 heavy (non-hydrogen) atoms. The van der Waals surface area contributed by atoms with Crippen molar-refractivity contribution < 1.29 is 0 Å². The van der Waals surface area contributed by atoms with Crippen LogP contribution in [0.15, 0.2) is 11.6 Å². The van der Waals surface area contributed by atoms with E-state index in [2.05, 4.69) is 28.7 Å². The van der Waals surface area contributed by atoms with Gasteiger partial charge in [0, 0.05) is 12.3 Å². The van der Waals surface area contributed by atoms with Crippen LogP contribution in [0.4, 0.5) is 5.82 Å². The van der Waals surface area contributed by atoms with Gasteiger partial charge in [-0.15, -0.1) is 0 Å².